The van der Waals surface area contributed by atoms with E-state index in [1.54, 1.807) is 0 Å². The number of aliphatic imine (C=N–C) groups is 1. The van der Waals surface area contributed by atoms with E-state index < -0.39 is 5.60 Å². The van der Waals surface area contributed by atoms with Crippen molar-refractivity contribution in [1.82, 2.24) is 10.6 Å². The average molecular weight is 347 g/mol. The van der Waals surface area contributed by atoms with Crippen molar-refractivity contribution >= 4 is 5.96 Å². The summed E-state index contributed by atoms with van der Waals surface area (Å²) in [5, 5.41) is 17.2. The van der Waals surface area contributed by atoms with Gasteiger partial charge in [0.05, 0.1) is 12.1 Å². The molecule has 0 bridgehead atoms. The zero-order valence-corrected chi connectivity index (χ0v) is 15.0. The highest BCUT2D eigenvalue weighted by molar-refractivity contribution is 5.79. The van der Waals surface area contributed by atoms with Crippen molar-refractivity contribution in [3.05, 3.63) is 23.8 Å². The Kier molecular flexibility index (Phi) is 6.02. The summed E-state index contributed by atoms with van der Waals surface area (Å²) in [6.07, 6.45) is 5.99. The van der Waals surface area contributed by atoms with Crippen molar-refractivity contribution in [2.45, 2.75) is 51.0 Å². The first kappa shape index (κ1) is 17.9. The molecule has 138 valence electrons. The SMILES string of the molecule is CCNC(=NCC1(O)CCCCC1)NCCc1ccc2c(c1)OCO2. The van der Waals surface area contributed by atoms with Gasteiger partial charge in [0, 0.05) is 13.1 Å². The first-order chi connectivity index (χ1) is 12.2. The summed E-state index contributed by atoms with van der Waals surface area (Å²) in [5.74, 6) is 2.40. The Hall–Kier alpha value is -1.95. The molecule has 1 saturated carbocycles. The van der Waals surface area contributed by atoms with Gasteiger partial charge >= 0.3 is 0 Å². The van der Waals surface area contributed by atoms with Gasteiger partial charge in [-0.1, -0.05) is 25.3 Å². The van der Waals surface area contributed by atoms with Crippen LogP contribution in [0.3, 0.4) is 0 Å². The van der Waals surface area contributed by atoms with Crippen LogP contribution in [-0.2, 0) is 6.42 Å². The molecule has 1 heterocycles. The number of nitrogens with zero attached hydrogens (tertiary/aromatic N) is 1. The summed E-state index contributed by atoms with van der Waals surface area (Å²) in [5.41, 5.74) is 0.566. The van der Waals surface area contributed by atoms with Crippen molar-refractivity contribution in [2.24, 2.45) is 4.99 Å². The number of aliphatic hydroxyl groups is 1. The molecule has 1 aromatic rings. The summed E-state index contributed by atoms with van der Waals surface area (Å²) >= 11 is 0. The normalized spacial score (nSPS) is 18.9. The molecular weight excluding hydrogens is 318 g/mol. The van der Waals surface area contributed by atoms with E-state index in [2.05, 4.69) is 21.7 Å². The fourth-order valence-electron chi connectivity index (χ4n) is 3.36. The highest BCUT2D eigenvalue weighted by Gasteiger charge is 2.28. The minimum atomic E-state index is -0.627. The molecule has 2 aliphatic rings. The Morgan fingerprint density at radius 3 is 2.76 bits per heavy atom. The first-order valence-corrected chi connectivity index (χ1v) is 9.32. The van der Waals surface area contributed by atoms with Crippen LogP contribution in [-0.4, -0.2) is 43.1 Å². The Bertz CT molecular complexity index is 598. The number of hydrogen-bond donors (Lipinski definition) is 3. The van der Waals surface area contributed by atoms with Crippen LogP contribution in [0.2, 0.25) is 0 Å². The van der Waals surface area contributed by atoms with E-state index in [0.29, 0.717) is 13.3 Å². The van der Waals surface area contributed by atoms with Crippen molar-refractivity contribution in [1.29, 1.82) is 0 Å². The molecule has 1 aliphatic heterocycles. The number of rotatable bonds is 6. The lowest BCUT2D eigenvalue weighted by Gasteiger charge is -2.30. The van der Waals surface area contributed by atoms with E-state index in [1.807, 2.05) is 19.1 Å². The Morgan fingerprint density at radius 2 is 1.96 bits per heavy atom. The lowest BCUT2D eigenvalue weighted by Crippen LogP contribution is -2.41. The summed E-state index contributed by atoms with van der Waals surface area (Å²) < 4.78 is 10.8. The second-order valence-corrected chi connectivity index (χ2v) is 6.84. The molecule has 3 rings (SSSR count). The third-order valence-corrected chi connectivity index (χ3v) is 4.80. The molecule has 0 amide bonds. The Labute approximate surface area is 149 Å². The minimum absolute atomic E-state index is 0.303. The molecule has 0 spiro atoms. The Morgan fingerprint density at radius 1 is 1.16 bits per heavy atom. The molecule has 3 N–H and O–H groups in total. The highest BCUT2D eigenvalue weighted by Crippen LogP contribution is 2.32. The van der Waals surface area contributed by atoms with Crippen LogP contribution in [0.4, 0.5) is 0 Å². The molecule has 1 fully saturated rings. The van der Waals surface area contributed by atoms with Gasteiger partial charge in [0.2, 0.25) is 6.79 Å². The predicted octanol–water partition coefficient (Wildman–Crippen LogP) is 2.21. The minimum Gasteiger partial charge on any atom is -0.454 e. The predicted molar refractivity (Wildman–Crippen MR) is 98.3 cm³/mol. The molecule has 0 saturated heterocycles. The van der Waals surface area contributed by atoms with Crippen LogP contribution in [0.1, 0.15) is 44.6 Å². The van der Waals surface area contributed by atoms with Gasteiger partial charge < -0.3 is 25.2 Å². The summed E-state index contributed by atoms with van der Waals surface area (Å²) in [6, 6.07) is 6.04. The van der Waals surface area contributed by atoms with E-state index in [9.17, 15) is 5.11 Å². The molecule has 1 aromatic carbocycles. The third-order valence-electron chi connectivity index (χ3n) is 4.80. The molecular formula is C19H29N3O3. The van der Waals surface area contributed by atoms with Crippen molar-refractivity contribution in [2.75, 3.05) is 26.4 Å². The fourth-order valence-corrected chi connectivity index (χ4v) is 3.36. The molecule has 6 nitrogen and oxygen atoms in total. The zero-order chi connectivity index (χ0) is 17.5. The monoisotopic (exact) mass is 347 g/mol. The highest BCUT2D eigenvalue weighted by atomic mass is 16.7. The van der Waals surface area contributed by atoms with Crippen molar-refractivity contribution < 1.29 is 14.6 Å². The van der Waals surface area contributed by atoms with Crippen LogP contribution in [0.25, 0.3) is 0 Å². The standard InChI is InChI=1S/C19H29N3O3/c1-2-20-18(22-13-19(23)9-4-3-5-10-19)21-11-8-15-6-7-16-17(12-15)25-14-24-16/h6-7,12,23H,2-5,8-11,13-14H2,1H3,(H2,20,21,22). The molecule has 0 radical (unpaired) electrons. The zero-order valence-electron chi connectivity index (χ0n) is 15.0. The largest absolute Gasteiger partial charge is 0.454 e. The Balaban J connectivity index is 1.50. The lowest BCUT2D eigenvalue weighted by molar-refractivity contribution is 0.0131. The maximum Gasteiger partial charge on any atom is 0.231 e. The lowest BCUT2D eigenvalue weighted by atomic mass is 9.85. The number of hydrogen-bond acceptors (Lipinski definition) is 4. The van der Waals surface area contributed by atoms with E-state index in [-0.39, 0.29) is 0 Å². The van der Waals surface area contributed by atoms with Crippen LogP contribution in [0.15, 0.2) is 23.2 Å². The maximum absolute atomic E-state index is 10.6. The molecule has 0 atom stereocenters. The van der Waals surface area contributed by atoms with Gasteiger partial charge in [-0.15, -0.1) is 0 Å². The fraction of sp³-hybridized carbons (Fsp3) is 0.632. The van der Waals surface area contributed by atoms with Crippen molar-refractivity contribution in [3.8, 4) is 11.5 Å². The van der Waals surface area contributed by atoms with Gasteiger partial charge in [-0.25, -0.2) is 0 Å². The number of benzene rings is 1. The maximum atomic E-state index is 10.6. The van der Waals surface area contributed by atoms with Crippen LogP contribution in [0.5, 0.6) is 11.5 Å². The number of ether oxygens (including phenoxy) is 2. The van der Waals surface area contributed by atoms with Crippen LogP contribution < -0.4 is 20.1 Å². The summed E-state index contributed by atoms with van der Waals surface area (Å²) in [4.78, 5) is 4.60. The number of nitrogens with one attached hydrogen (secondary N) is 2. The van der Waals surface area contributed by atoms with Gasteiger partial charge in [-0.2, -0.15) is 0 Å². The van der Waals surface area contributed by atoms with E-state index in [4.69, 9.17) is 9.47 Å². The van der Waals surface area contributed by atoms with Gasteiger partial charge in [-0.05, 0) is 43.9 Å². The number of fused-ring (bicyclic) bond motifs is 1. The molecule has 25 heavy (non-hydrogen) atoms. The number of guanidine groups is 1. The second-order valence-electron chi connectivity index (χ2n) is 6.84. The van der Waals surface area contributed by atoms with E-state index in [0.717, 1.165) is 62.7 Å². The van der Waals surface area contributed by atoms with Crippen LogP contribution >= 0.6 is 0 Å². The van der Waals surface area contributed by atoms with E-state index >= 15 is 0 Å². The average Bonchev–Trinajstić information content (AvgIpc) is 3.08. The summed E-state index contributed by atoms with van der Waals surface area (Å²) in [6.45, 7) is 4.38. The topological polar surface area (TPSA) is 75.1 Å². The van der Waals surface area contributed by atoms with Crippen LogP contribution in [0, 0.1) is 0 Å². The van der Waals surface area contributed by atoms with Gasteiger partial charge in [-0.3, -0.25) is 4.99 Å². The molecule has 6 heteroatoms. The van der Waals surface area contributed by atoms with Crippen molar-refractivity contribution in [3.63, 3.8) is 0 Å². The van der Waals surface area contributed by atoms with E-state index in [1.165, 1.54) is 12.0 Å². The third kappa shape index (κ3) is 5.01. The summed E-state index contributed by atoms with van der Waals surface area (Å²) in [7, 11) is 0. The molecule has 1 aliphatic carbocycles. The first-order valence-electron chi connectivity index (χ1n) is 9.32. The van der Waals surface area contributed by atoms with Gasteiger partial charge in [0.25, 0.3) is 0 Å². The molecule has 0 aromatic heterocycles. The van der Waals surface area contributed by atoms with Gasteiger partial charge in [0.1, 0.15) is 0 Å². The second kappa shape index (κ2) is 8.43. The van der Waals surface area contributed by atoms with Gasteiger partial charge in [0.15, 0.2) is 17.5 Å². The quantitative estimate of drug-likeness (QED) is 0.543. The molecule has 0 unspecified atom stereocenters. The smallest absolute Gasteiger partial charge is 0.231 e.